The predicted molar refractivity (Wildman–Crippen MR) is 66.8 cm³/mol. The fraction of sp³-hybridized carbons (Fsp3) is 1.00. The van der Waals surface area contributed by atoms with Gasteiger partial charge in [-0.3, -0.25) is 0 Å². The molecule has 1 aliphatic heterocycles. The van der Waals surface area contributed by atoms with Crippen molar-refractivity contribution in [1.29, 1.82) is 0 Å². The van der Waals surface area contributed by atoms with E-state index in [2.05, 4.69) is 15.9 Å². The van der Waals surface area contributed by atoms with Crippen LogP contribution in [0.3, 0.4) is 0 Å². The van der Waals surface area contributed by atoms with Crippen LogP contribution in [0.15, 0.2) is 0 Å². The third-order valence-electron chi connectivity index (χ3n) is 2.95. The second kappa shape index (κ2) is 6.21. The van der Waals surface area contributed by atoms with Gasteiger partial charge < -0.3 is 0 Å². The van der Waals surface area contributed by atoms with Gasteiger partial charge in [0.15, 0.2) is 0 Å². The summed E-state index contributed by atoms with van der Waals surface area (Å²) in [6, 6.07) is 0. The third-order valence-corrected chi connectivity index (χ3v) is 4.78. The monoisotopic (exact) mass is 297 g/mol. The van der Waals surface area contributed by atoms with E-state index in [9.17, 15) is 8.42 Å². The van der Waals surface area contributed by atoms with E-state index in [-0.39, 0.29) is 0 Å². The highest BCUT2D eigenvalue weighted by Gasteiger charge is 2.25. The van der Waals surface area contributed by atoms with Crippen molar-refractivity contribution in [2.45, 2.75) is 32.1 Å². The zero-order valence-electron chi connectivity index (χ0n) is 9.28. The lowest BCUT2D eigenvalue weighted by atomic mass is 9.94. The minimum atomic E-state index is -2.97. The number of halogens is 1. The zero-order valence-corrected chi connectivity index (χ0v) is 11.7. The topological polar surface area (TPSA) is 37.4 Å². The van der Waals surface area contributed by atoms with Gasteiger partial charge in [0, 0.05) is 18.4 Å². The molecule has 0 spiro atoms. The van der Waals surface area contributed by atoms with Crippen LogP contribution < -0.4 is 0 Å². The number of unbranched alkanes of at least 4 members (excludes halogenated alkanes) is 1. The van der Waals surface area contributed by atoms with Crippen molar-refractivity contribution in [3.05, 3.63) is 0 Å². The summed E-state index contributed by atoms with van der Waals surface area (Å²) in [6.45, 7) is 1.45. The fourth-order valence-corrected chi connectivity index (χ4v) is 3.43. The second-order valence-corrected chi connectivity index (χ2v) is 7.09. The van der Waals surface area contributed by atoms with Gasteiger partial charge in [0.1, 0.15) is 0 Å². The van der Waals surface area contributed by atoms with Crippen molar-refractivity contribution in [1.82, 2.24) is 4.31 Å². The van der Waals surface area contributed by atoms with Crippen LogP contribution in [0.2, 0.25) is 0 Å². The molecule has 0 N–H and O–H groups in total. The normalized spacial score (nSPS) is 24.3. The lowest BCUT2D eigenvalue weighted by Gasteiger charge is -2.30. The van der Waals surface area contributed by atoms with Gasteiger partial charge in [0.25, 0.3) is 0 Å². The van der Waals surface area contributed by atoms with E-state index in [4.69, 9.17) is 0 Å². The number of hydrogen-bond donors (Lipinski definition) is 0. The molecule has 0 aromatic carbocycles. The summed E-state index contributed by atoms with van der Waals surface area (Å²) in [4.78, 5) is 0. The van der Waals surface area contributed by atoms with Gasteiger partial charge in [-0.05, 0) is 31.6 Å². The summed E-state index contributed by atoms with van der Waals surface area (Å²) in [5.74, 6) is 0.576. The Bertz CT molecular complexity index is 279. The summed E-state index contributed by atoms with van der Waals surface area (Å²) in [6.07, 6.45) is 7.08. The highest BCUT2D eigenvalue weighted by Crippen LogP contribution is 2.23. The van der Waals surface area contributed by atoms with Crippen LogP contribution in [0.5, 0.6) is 0 Å². The van der Waals surface area contributed by atoms with Crippen molar-refractivity contribution in [3.8, 4) is 0 Å². The van der Waals surface area contributed by atoms with Crippen LogP contribution in [0, 0.1) is 5.92 Å². The molecule has 15 heavy (non-hydrogen) atoms. The summed E-state index contributed by atoms with van der Waals surface area (Å²) in [5, 5.41) is 1.05. The number of hydrogen-bond acceptors (Lipinski definition) is 2. The van der Waals surface area contributed by atoms with Gasteiger partial charge in [-0.25, -0.2) is 12.7 Å². The average molecular weight is 298 g/mol. The van der Waals surface area contributed by atoms with Gasteiger partial charge in [0.2, 0.25) is 10.0 Å². The minimum absolute atomic E-state index is 0.576. The van der Waals surface area contributed by atoms with Crippen LogP contribution in [-0.2, 0) is 10.0 Å². The van der Waals surface area contributed by atoms with E-state index >= 15 is 0 Å². The first kappa shape index (κ1) is 13.5. The van der Waals surface area contributed by atoms with Crippen molar-refractivity contribution in [3.63, 3.8) is 0 Å². The van der Waals surface area contributed by atoms with Gasteiger partial charge in [0.05, 0.1) is 6.26 Å². The third kappa shape index (κ3) is 4.83. The molecule has 0 aromatic heterocycles. The molecule has 1 heterocycles. The van der Waals surface area contributed by atoms with Gasteiger partial charge in [-0.15, -0.1) is 0 Å². The zero-order chi connectivity index (χ0) is 11.3. The SMILES string of the molecule is CS(=O)(=O)N1CCCC(CCCCBr)C1. The van der Waals surface area contributed by atoms with E-state index in [1.54, 1.807) is 4.31 Å². The maximum Gasteiger partial charge on any atom is 0.211 e. The number of sulfonamides is 1. The fourth-order valence-electron chi connectivity index (χ4n) is 2.09. The largest absolute Gasteiger partial charge is 0.213 e. The quantitative estimate of drug-likeness (QED) is 0.576. The van der Waals surface area contributed by atoms with E-state index in [0.717, 1.165) is 24.7 Å². The second-order valence-electron chi connectivity index (χ2n) is 4.31. The Morgan fingerprint density at radius 2 is 2.13 bits per heavy atom. The van der Waals surface area contributed by atoms with Gasteiger partial charge >= 0.3 is 0 Å². The Balaban J connectivity index is 2.36. The van der Waals surface area contributed by atoms with Gasteiger partial charge in [-0.2, -0.15) is 0 Å². The van der Waals surface area contributed by atoms with Crippen molar-refractivity contribution >= 4 is 26.0 Å². The number of nitrogens with zero attached hydrogens (tertiary/aromatic N) is 1. The molecule has 0 aliphatic carbocycles. The molecular formula is C10H20BrNO2S. The van der Waals surface area contributed by atoms with Crippen LogP contribution in [0.4, 0.5) is 0 Å². The van der Waals surface area contributed by atoms with Crippen LogP contribution >= 0.6 is 15.9 Å². The molecule has 1 fully saturated rings. The molecule has 1 saturated heterocycles. The highest BCUT2D eigenvalue weighted by atomic mass is 79.9. The molecule has 0 saturated carbocycles. The van der Waals surface area contributed by atoms with E-state index in [1.807, 2.05) is 0 Å². The van der Waals surface area contributed by atoms with Crippen molar-refractivity contribution < 1.29 is 8.42 Å². The first-order valence-corrected chi connectivity index (χ1v) is 8.52. The molecule has 90 valence electrons. The smallest absolute Gasteiger partial charge is 0.211 e. The number of rotatable bonds is 5. The highest BCUT2D eigenvalue weighted by molar-refractivity contribution is 9.09. The van der Waals surface area contributed by atoms with Crippen molar-refractivity contribution in [2.24, 2.45) is 5.92 Å². The summed E-state index contributed by atoms with van der Waals surface area (Å²) in [7, 11) is -2.97. The number of alkyl halides is 1. The van der Waals surface area contributed by atoms with Crippen LogP contribution in [0.25, 0.3) is 0 Å². The number of piperidine rings is 1. The van der Waals surface area contributed by atoms with Crippen molar-refractivity contribution in [2.75, 3.05) is 24.7 Å². The van der Waals surface area contributed by atoms with Crippen LogP contribution in [-0.4, -0.2) is 37.4 Å². The molecule has 3 nitrogen and oxygen atoms in total. The summed E-state index contributed by atoms with van der Waals surface area (Å²) >= 11 is 3.41. The van der Waals surface area contributed by atoms with E-state index in [0.29, 0.717) is 12.5 Å². The Morgan fingerprint density at radius 3 is 2.73 bits per heavy atom. The standard InChI is InChI=1S/C10H20BrNO2S/c1-15(13,14)12-8-4-6-10(9-12)5-2-3-7-11/h10H,2-9H2,1H3. The Morgan fingerprint density at radius 1 is 1.40 bits per heavy atom. The predicted octanol–water partition coefficient (Wildman–Crippen LogP) is 2.22. The maximum absolute atomic E-state index is 11.4. The summed E-state index contributed by atoms with van der Waals surface area (Å²) < 4.78 is 24.4. The molecule has 5 heteroatoms. The molecule has 1 unspecified atom stereocenters. The molecule has 1 rings (SSSR count). The Kier molecular flexibility index (Phi) is 5.57. The first-order valence-electron chi connectivity index (χ1n) is 5.55. The molecule has 0 bridgehead atoms. The van der Waals surface area contributed by atoms with E-state index < -0.39 is 10.0 Å². The molecule has 0 aromatic rings. The molecular weight excluding hydrogens is 278 g/mol. The lowest BCUT2D eigenvalue weighted by molar-refractivity contribution is 0.254. The minimum Gasteiger partial charge on any atom is -0.213 e. The average Bonchev–Trinajstić information content (AvgIpc) is 2.17. The Labute approximate surface area is 101 Å². The van der Waals surface area contributed by atoms with Gasteiger partial charge in [-0.1, -0.05) is 22.4 Å². The van der Waals surface area contributed by atoms with Crippen LogP contribution in [0.1, 0.15) is 32.1 Å². The summed E-state index contributed by atoms with van der Waals surface area (Å²) in [5.41, 5.74) is 0. The Hall–Kier alpha value is 0.390. The molecule has 0 amide bonds. The maximum atomic E-state index is 11.4. The lowest BCUT2D eigenvalue weighted by Crippen LogP contribution is -2.39. The first-order chi connectivity index (χ1) is 7.04. The molecule has 0 radical (unpaired) electrons. The molecule has 1 atom stereocenters. The van der Waals surface area contributed by atoms with E-state index in [1.165, 1.54) is 25.5 Å². The molecule has 1 aliphatic rings.